The Morgan fingerprint density at radius 2 is 2.11 bits per heavy atom. The Morgan fingerprint density at radius 3 is 2.84 bits per heavy atom. The molecule has 2 rings (SSSR count). The molecular formula is C15H16N2O2. The maximum Gasteiger partial charge on any atom is 0.256 e. The Kier molecular flexibility index (Phi) is 4.13. The number of para-hydroxylation sites is 2. The molecule has 0 fully saturated rings. The van der Waals surface area contributed by atoms with Crippen molar-refractivity contribution in [3.05, 3.63) is 53.9 Å². The molecule has 0 aliphatic carbocycles. The van der Waals surface area contributed by atoms with E-state index < -0.39 is 0 Å². The first-order chi connectivity index (χ1) is 9.22. The molecular weight excluding hydrogens is 240 g/mol. The fourth-order valence-electron chi connectivity index (χ4n) is 1.77. The molecule has 0 aliphatic heterocycles. The van der Waals surface area contributed by atoms with Gasteiger partial charge in [0.25, 0.3) is 5.91 Å². The first kappa shape index (κ1) is 13.1. The van der Waals surface area contributed by atoms with Crippen molar-refractivity contribution in [2.75, 3.05) is 11.9 Å². The first-order valence-electron chi connectivity index (χ1n) is 6.16. The highest BCUT2D eigenvalue weighted by Crippen LogP contribution is 2.24. The van der Waals surface area contributed by atoms with E-state index in [1.54, 1.807) is 18.5 Å². The van der Waals surface area contributed by atoms with Gasteiger partial charge in [0, 0.05) is 18.0 Å². The van der Waals surface area contributed by atoms with Crippen molar-refractivity contribution in [2.45, 2.75) is 13.8 Å². The van der Waals surface area contributed by atoms with Crippen LogP contribution in [0.5, 0.6) is 5.75 Å². The van der Waals surface area contributed by atoms with Crippen LogP contribution < -0.4 is 10.1 Å². The first-order valence-corrected chi connectivity index (χ1v) is 6.16. The number of aromatic nitrogens is 1. The molecule has 0 aliphatic rings. The normalized spacial score (nSPS) is 10.0. The number of ether oxygens (including phenoxy) is 1. The zero-order valence-corrected chi connectivity index (χ0v) is 11.0. The average molecular weight is 256 g/mol. The van der Waals surface area contributed by atoms with E-state index in [9.17, 15) is 4.79 Å². The monoisotopic (exact) mass is 256 g/mol. The molecule has 19 heavy (non-hydrogen) atoms. The third-order valence-electron chi connectivity index (χ3n) is 2.70. The molecule has 0 saturated carbocycles. The Balaban J connectivity index is 2.22. The van der Waals surface area contributed by atoms with Crippen molar-refractivity contribution in [1.29, 1.82) is 0 Å². The minimum Gasteiger partial charge on any atom is -0.492 e. The molecule has 4 heteroatoms. The summed E-state index contributed by atoms with van der Waals surface area (Å²) in [6, 6.07) is 9.09. The van der Waals surface area contributed by atoms with Gasteiger partial charge >= 0.3 is 0 Å². The summed E-state index contributed by atoms with van der Waals surface area (Å²) in [6.45, 7) is 4.32. The molecule has 0 unspecified atom stereocenters. The number of carbonyl (C=O) groups excluding carboxylic acids is 1. The number of hydrogen-bond acceptors (Lipinski definition) is 3. The fourth-order valence-corrected chi connectivity index (χ4v) is 1.77. The molecule has 0 radical (unpaired) electrons. The van der Waals surface area contributed by atoms with Crippen LogP contribution in [0.1, 0.15) is 22.8 Å². The molecule has 4 nitrogen and oxygen atoms in total. The number of amides is 1. The molecule has 98 valence electrons. The van der Waals surface area contributed by atoms with Crippen molar-refractivity contribution >= 4 is 11.6 Å². The van der Waals surface area contributed by atoms with Crippen LogP contribution in [0.3, 0.4) is 0 Å². The number of hydrogen-bond donors (Lipinski definition) is 1. The van der Waals surface area contributed by atoms with Gasteiger partial charge in [-0.05, 0) is 37.6 Å². The van der Waals surface area contributed by atoms with E-state index in [2.05, 4.69) is 10.3 Å². The van der Waals surface area contributed by atoms with E-state index in [0.29, 0.717) is 23.6 Å². The third kappa shape index (κ3) is 3.10. The maximum absolute atomic E-state index is 12.2. The van der Waals surface area contributed by atoms with E-state index in [4.69, 9.17) is 4.74 Å². The lowest BCUT2D eigenvalue weighted by atomic mass is 10.1. The van der Waals surface area contributed by atoms with Gasteiger partial charge in [-0.1, -0.05) is 12.1 Å². The molecule has 1 N–H and O–H groups in total. The predicted molar refractivity (Wildman–Crippen MR) is 74.5 cm³/mol. The van der Waals surface area contributed by atoms with Crippen molar-refractivity contribution in [1.82, 2.24) is 4.98 Å². The number of anilines is 1. The molecule has 0 saturated heterocycles. The van der Waals surface area contributed by atoms with Crippen molar-refractivity contribution < 1.29 is 9.53 Å². The number of aryl methyl sites for hydroxylation is 1. The molecule has 1 amide bonds. The second-order valence-corrected chi connectivity index (χ2v) is 4.07. The Bertz CT molecular complexity index is 582. The smallest absolute Gasteiger partial charge is 0.256 e. The van der Waals surface area contributed by atoms with Crippen LogP contribution in [0.2, 0.25) is 0 Å². The van der Waals surface area contributed by atoms with Gasteiger partial charge in [-0.3, -0.25) is 9.78 Å². The molecule has 0 spiro atoms. The second-order valence-electron chi connectivity index (χ2n) is 4.07. The Morgan fingerprint density at radius 1 is 1.32 bits per heavy atom. The van der Waals surface area contributed by atoms with Gasteiger partial charge < -0.3 is 10.1 Å². The van der Waals surface area contributed by atoms with Crippen LogP contribution >= 0.6 is 0 Å². The van der Waals surface area contributed by atoms with Crippen LogP contribution in [-0.4, -0.2) is 17.5 Å². The summed E-state index contributed by atoms with van der Waals surface area (Å²) in [4.78, 5) is 16.2. The lowest BCUT2D eigenvalue weighted by Crippen LogP contribution is -2.14. The highest BCUT2D eigenvalue weighted by Gasteiger charge is 2.11. The van der Waals surface area contributed by atoms with E-state index in [1.165, 1.54) is 0 Å². The van der Waals surface area contributed by atoms with Gasteiger partial charge in [0.1, 0.15) is 5.75 Å². The summed E-state index contributed by atoms with van der Waals surface area (Å²) < 4.78 is 5.48. The Hall–Kier alpha value is -2.36. The summed E-state index contributed by atoms with van der Waals surface area (Å²) in [5.74, 6) is 0.511. The predicted octanol–water partition coefficient (Wildman–Crippen LogP) is 3.04. The molecule has 2 aromatic rings. The van der Waals surface area contributed by atoms with Gasteiger partial charge in [-0.15, -0.1) is 0 Å². The topological polar surface area (TPSA) is 51.2 Å². The summed E-state index contributed by atoms with van der Waals surface area (Å²) >= 11 is 0. The second kappa shape index (κ2) is 6.00. The summed E-state index contributed by atoms with van der Waals surface area (Å²) in [5, 5.41) is 2.86. The molecule has 1 heterocycles. The van der Waals surface area contributed by atoms with Gasteiger partial charge in [0.2, 0.25) is 0 Å². The fraction of sp³-hybridized carbons (Fsp3) is 0.200. The third-order valence-corrected chi connectivity index (χ3v) is 2.70. The number of benzene rings is 1. The number of pyridine rings is 1. The Labute approximate surface area is 112 Å². The largest absolute Gasteiger partial charge is 0.492 e. The van der Waals surface area contributed by atoms with Crippen molar-refractivity contribution in [3.8, 4) is 5.75 Å². The van der Waals surface area contributed by atoms with Gasteiger partial charge in [-0.2, -0.15) is 0 Å². The summed E-state index contributed by atoms with van der Waals surface area (Å²) in [7, 11) is 0. The minimum absolute atomic E-state index is 0.160. The van der Waals surface area contributed by atoms with Gasteiger partial charge in [0.15, 0.2) is 0 Å². The maximum atomic E-state index is 12.2. The lowest BCUT2D eigenvalue weighted by molar-refractivity contribution is 0.102. The standard InChI is InChI=1S/C15H16N2O2/c1-3-19-14-7-5-4-6-13(14)17-15(18)12-8-9-16-10-11(12)2/h4-10H,3H2,1-2H3,(H,17,18). The lowest BCUT2D eigenvalue weighted by Gasteiger charge is -2.11. The summed E-state index contributed by atoms with van der Waals surface area (Å²) in [6.07, 6.45) is 3.28. The van der Waals surface area contributed by atoms with E-state index in [0.717, 1.165) is 5.56 Å². The highest BCUT2D eigenvalue weighted by atomic mass is 16.5. The highest BCUT2D eigenvalue weighted by molar-refractivity contribution is 6.05. The van der Waals surface area contributed by atoms with Gasteiger partial charge in [0.05, 0.1) is 12.3 Å². The van der Waals surface area contributed by atoms with Gasteiger partial charge in [-0.25, -0.2) is 0 Å². The quantitative estimate of drug-likeness (QED) is 0.914. The zero-order valence-electron chi connectivity index (χ0n) is 11.0. The number of nitrogens with one attached hydrogen (secondary N) is 1. The van der Waals surface area contributed by atoms with E-state index in [-0.39, 0.29) is 5.91 Å². The van der Waals surface area contributed by atoms with E-state index in [1.807, 2.05) is 38.1 Å². The molecule has 1 aromatic carbocycles. The molecule has 1 aromatic heterocycles. The molecule has 0 bridgehead atoms. The van der Waals surface area contributed by atoms with Crippen LogP contribution in [-0.2, 0) is 0 Å². The van der Waals surface area contributed by atoms with Crippen molar-refractivity contribution in [2.24, 2.45) is 0 Å². The van der Waals surface area contributed by atoms with E-state index >= 15 is 0 Å². The SMILES string of the molecule is CCOc1ccccc1NC(=O)c1ccncc1C. The number of rotatable bonds is 4. The number of nitrogens with zero attached hydrogens (tertiary/aromatic N) is 1. The van der Waals surface area contributed by atoms with Crippen LogP contribution in [0.4, 0.5) is 5.69 Å². The average Bonchev–Trinajstić information content (AvgIpc) is 2.41. The van der Waals surface area contributed by atoms with Crippen LogP contribution in [0.15, 0.2) is 42.7 Å². The van der Waals surface area contributed by atoms with Crippen LogP contribution in [0.25, 0.3) is 0 Å². The van der Waals surface area contributed by atoms with Crippen molar-refractivity contribution in [3.63, 3.8) is 0 Å². The molecule has 0 atom stereocenters. The number of carbonyl (C=O) groups is 1. The summed E-state index contributed by atoms with van der Waals surface area (Å²) in [5.41, 5.74) is 2.13. The minimum atomic E-state index is -0.160. The zero-order chi connectivity index (χ0) is 13.7. The van der Waals surface area contributed by atoms with Crippen LogP contribution in [0, 0.1) is 6.92 Å².